The van der Waals surface area contributed by atoms with Crippen molar-refractivity contribution in [1.82, 2.24) is 0 Å². The Kier molecular flexibility index (Phi) is 8.13. The van der Waals surface area contributed by atoms with E-state index in [0.717, 1.165) is 24.3 Å². The highest BCUT2D eigenvalue weighted by Crippen LogP contribution is 2.06. The molecule has 0 atom stereocenters. The second kappa shape index (κ2) is 8.31. The van der Waals surface area contributed by atoms with Gasteiger partial charge in [-0.3, -0.25) is 4.79 Å². The molecule has 0 amide bonds. The zero-order valence-corrected chi connectivity index (χ0v) is 9.38. The summed E-state index contributed by atoms with van der Waals surface area (Å²) in [7, 11) is 1.41. The zero-order valence-electron chi connectivity index (χ0n) is 7.75. The molecule has 5 heteroatoms. The van der Waals surface area contributed by atoms with Crippen LogP contribution in [0.5, 0.6) is 0 Å². The number of rotatable bonds is 7. The molecule has 0 spiro atoms. The van der Waals surface area contributed by atoms with E-state index in [0.29, 0.717) is 11.4 Å². The molecular weight excluding hydrogens is 206 g/mol. The van der Waals surface area contributed by atoms with Gasteiger partial charge in [0.2, 0.25) is 0 Å². The third kappa shape index (κ3) is 9.63. The van der Waals surface area contributed by atoms with Crippen LogP contribution in [0.15, 0.2) is 0 Å². The molecule has 0 aliphatic carbocycles. The fraction of sp³-hybridized carbons (Fsp3) is 0.750. The second-order valence-electron chi connectivity index (χ2n) is 2.51. The number of esters is 1. The van der Waals surface area contributed by atoms with Crippen molar-refractivity contribution in [1.29, 1.82) is 0 Å². The standard InChI is InChI=1S/C8H15NO2S2/c1-11-8(10)3-2-5-13-6-4-7(9)12/h2-6H2,1H3,(H2,9,12). The van der Waals surface area contributed by atoms with Crippen LogP contribution in [0.2, 0.25) is 0 Å². The summed E-state index contributed by atoms with van der Waals surface area (Å²) in [4.78, 5) is 11.2. The Balaban J connectivity index is 3.08. The van der Waals surface area contributed by atoms with Gasteiger partial charge in [-0.1, -0.05) is 12.2 Å². The summed E-state index contributed by atoms with van der Waals surface area (Å²) in [5, 5.41) is 0. The lowest BCUT2D eigenvalue weighted by Gasteiger charge is -2.00. The molecule has 13 heavy (non-hydrogen) atoms. The summed E-state index contributed by atoms with van der Waals surface area (Å²) in [6.07, 6.45) is 2.13. The fourth-order valence-electron chi connectivity index (χ4n) is 0.695. The Morgan fingerprint density at radius 2 is 2.15 bits per heavy atom. The summed E-state index contributed by atoms with van der Waals surface area (Å²) in [6.45, 7) is 0. The van der Waals surface area contributed by atoms with E-state index in [1.165, 1.54) is 7.11 Å². The van der Waals surface area contributed by atoms with Crippen molar-refractivity contribution in [3.8, 4) is 0 Å². The lowest BCUT2D eigenvalue weighted by atomic mass is 10.3. The van der Waals surface area contributed by atoms with Crippen molar-refractivity contribution < 1.29 is 9.53 Å². The molecule has 76 valence electrons. The van der Waals surface area contributed by atoms with E-state index in [1.807, 2.05) is 0 Å². The first kappa shape index (κ1) is 12.7. The number of hydrogen-bond acceptors (Lipinski definition) is 4. The van der Waals surface area contributed by atoms with Gasteiger partial charge in [0.25, 0.3) is 0 Å². The monoisotopic (exact) mass is 221 g/mol. The summed E-state index contributed by atoms with van der Waals surface area (Å²) < 4.78 is 4.51. The second-order valence-corrected chi connectivity index (χ2v) is 4.26. The van der Waals surface area contributed by atoms with Crippen molar-refractivity contribution in [3.63, 3.8) is 0 Å². The van der Waals surface area contributed by atoms with Gasteiger partial charge in [-0.25, -0.2) is 0 Å². The maximum atomic E-state index is 10.7. The minimum absolute atomic E-state index is 0.144. The van der Waals surface area contributed by atoms with Crippen LogP contribution in [0.25, 0.3) is 0 Å². The highest BCUT2D eigenvalue weighted by molar-refractivity contribution is 7.99. The maximum Gasteiger partial charge on any atom is 0.305 e. The summed E-state index contributed by atoms with van der Waals surface area (Å²) in [5.74, 6) is 1.75. The molecule has 0 aliphatic heterocycles. The third-order valence-corrected chi connectivity index (χ3v) is 2.66. The number of thiocarbonyl (C=S) groups is 1. The normalized spacial score (nSPS) is 9.62. The average Bonchev–Trinajstić information content (AvgIpc) is 2.10. The van der Waals surface area contributed by atoms with E-state index in [4.69, 9.17) is 18.0 Å². The number of thioether (sulfide) groups is 1. The van der Waals surface area contributed by atoms with Crippen LogP contribution in [0.1, 0.15) is 19.3 Å². The molecule has 0 saturated heterocycles. The predicted molar refractivity (Wildman–Crippen MR) is 60.0 cm³/mol. The van der Waals surface area contributed by atoms with Crippen molar-refractivity contribution in [2.75, 3.05) is 18.6 Å². The maximum absolute atomic E-state index is 10.7. The number of nitrogens with two attached hydrogens (primary N) is 1. The number of ether oxygens (including phenoxy) is 1. The minimum atomic E-state index is -0.144. The van der Waals surface area contributed by atoms with Gasteiger partial charge in [-0.15, -0.1) is 0 Å². The van der Waals surface area contributed by atoms with Crippen LogP contribution in [0.4, 0.5) is 0 Å². The van der Waals surface area contributed by atoms with Crippen LogP contribution >= 0.6 is 24.0 Å². The summed E-state index contributed by atoms with van der Waals surface area (Å²) >= 11 is 6.48. The molecule has 0 fully saturated rings. The minimum Gasteiger partial charge on any atom is -0.469 e. The largest absolute Gasteiger partial charge is 0.469 e. The smallest absolute Gasteiger partial charge is 0.305 e. The Labute approximate surface area is 88.4 Å². The van der Waals surface area contributed by atoms with Crippen molar-refractivity contribution in [2.45, 2.75) is 19.3 Å². The first-order valence-corrected chi connectivity index (χ1v) is 5.66. The Hall–Kier alpha value is -0.290. The molecule has 0 aromatic heterocycles. The Morgan fingerprint density at radius 1 is 1.46 bits per heavy atom. The van der Waals surface area contributed by atoms with Gasteiger partial charge in [0.1, 0.15) is 0 Å². The van der Waals surface area contributed by atoms with E-state index in [9.17, 15) is 4.79 Å². The molecule has 0 radical (unpaired) electrons. The van der Waals surface area contributed by atoms with Crippen LogP contribution in [-0.4, -0.2) is 29.6 Å². The van der Waals surface area contributed by atoms with Gasteiger partial charge in [0.05, 0.1) is 12.1 Å². The molecule has 0 rings (SSSR count). The van der Waals surface area contributed by atoms with Gasteiger partial charge in [0, 0.05) is 12.8 Å². The van der Waals surface area contributed by atoms with Crippen LogP contribution < -0.4 is 5.73 Å². The SMILES string of the molecule is COC(=O)CCCSCCC(N)=S. The molecule has 0 bridgehead atoms. The van der Waals surface area contributed by atoms with Crippen molar-refractivity contribution in [3.05, 3.63) is 0 Å². The van der Waals surface area contributed by atoms with Crippen molar-refractivity contribution in [2.24, 2.45) is 5.73 Å². The van der Waals surface area contributed by atoms with E-state index >= 15 is 0 Å². The predicted octanol–water partition coefficient (Wildman–Crippen LogP) is 1.35. The first-order valence-electron chi connectivity index (χ1n) is 4.09. The Bertz CT molecular complexity index is 174. The van der Waals surface area contributed by atoms with Crippen LogP contribution in [0.3, 0.4) is 0 Å². The lowest BCUT2D eigenvalue weighted by molar-refractivity contribution is -0.140. The molecule has 2 N–H and O–H groups in total. The molecule has 0 aromatic rings. The van der Waals surface area contributed by atoms with Gasteiger partial charge in [-0.2, -0.15) is 11.8 Å². The fourth-order valence-corrected chi connectivity index (χ4v) is 1.84. The highest BCUT2D eigenvalue weighted by Gasteiger charge is 1.99. The quantitative estimate of drug-likeness (QED) is 0.399. The molecule has 0 heterocycles. The number of hydrogen-bond donors (Lipinski definition) is 1. The Morgan fingerprint density at radius 3 is 2.69 bits per heavy atom. The van der Waals surface area contributed by atoms with Gasteiger partial charge < -0.3 is 10.5 Å². The molecular formula is C8H15NO2S2. The van der Waals surface area contributed by atoms with E-state index in [2.05, 4.69) is 4.74 Å². The molecule has 3 nitrogen and oxygen atoms in total. The molecule has 0 aliphatic rings. The van der Waals surface area contributed by atoms with E-state index in [1.54, 1.807) is 11.8 Å². The van der Waals surface area contributed by atoms with E-state index < -0.39 is 0 Å². The molecule has 0 unspecified atom stereocenters. The van der Waals surface area contributed by atoms with Gasteiger partial charge in [-0.05, 0) is 17.9 Å². The zero-order chi connectivity index (χ0) is 10.1. The summed E-state index contributed by atoms with van der Waals surface area (Å²) in [6, 6.07) is 0. The third-order valence-electron chi connectivity index (χ3n) is 1.39. The van der Waals surface area contributed by atoms with Crippen molar-refractivity contribution >= 4 is 34.9 Å². The topological polar surface area (TPSA) is 52.3 Å². The molecule has 0 aromatic carbocycles. The number of methoxy groups -OCH3 is 1. The number of carbonyl (C=O) groups is 1. The van der Waals surface area contributed by atoms with Gasteiger partial charge in [0.15, 0.2) is 0 Å². The average molecular weight is 221 g/mol. The highest BCUT2D eigenvalue weighted by atomic mass is 32.2. The van der Waals surface area contributed by atoms with E-state index in [-0.39, 0.29) is 5.97 Å². The van der Waals surface area contributed by atoms with Crippen LogP contribution in [0, 0.1) is 0 Å². The first-order chi connectivity index (χ1) is 6.16. The molecule has 0 saturated carbocycles. The lowest BCUT2D eigenvalue weighted by Crippen LogP contribution is -2.08. The van der Waals surface area contributed by atoms with Crippen LogP contribution in [-0.2, 0) is 9.53 Å². The van der Waals surface area contributed by atoms with Gasteiger partial charge >= 0.3 is 5.97 Å². The number of carbonyl (C=O) groups excluding carboxylic acids is 1. The summed E-state index contributed by atoms with van der Waals surface area (Å²) in [5.41, 5.74) is 5.32.